The number of H-pyrrole nitrogens is 1. The molecule has 26 heavy (non-hydrogen) atoms. The molecule has 1 aromatic carbocycles. The zero-order valence-electron chi connectivity index (χ0n) is 15.1. The van der Waals surface area contributed by atoms with Crippen molar-refractivity contribution in [3.63, 3.8) is 0 Å². The van der Waals surface area contributed by atoms with E-state index in [-0.39, 0.29) is 17.6 Å². The molecule has 7 nitrogen and oxygen atoms in total. The van der Waals surface area contributed by atoms with Gasteiger partial charge in [0.05, 0.1) is 22.3 Å². The van der Waals surface area contributed by atoms with Crippen molar-refractivity contribution in [3.8, 4) is 0 Å². The Kier molecular flexibility index (Phi) is 4.14. The minimum Gasteiger partial charge on any atom is -0.338 e. The van der Waals surface area contributed by atoms with Crippen LogP contribution in [0.4, 0.5) is 0 Å². The van der Waals surface area contributed by atoms with Crippen LogP contribution in [0.1, 0.15) is 41.9 Å². The Morgan fingerprint density at radius 1 is 1.27 bits per heavy atom. The first-order chi connectivity index (χ1) is 12.6. The second-order valence-electron chi connectivity index (χ2n) is 6.86. The van der Waals surface area contributed by atoms with Crippen molar-refractivity contribution >= 4 is 16.9 Å². The van der Waals surface area contributed by atoms with E-state index in [2.05, 4.69) is 10.1 Å². The molecule has 1 aliphatic rings. The summed E-state index contributed by atoms with van der Waals surface area (Å²) in [5.41, 5.74) is 3.25. The Balaban J connectivity index is 1.53. The zero-order chi connectivity index (χ0) is 18.3. The molecule has 4 rings (SSSR count). The van der Waals surface area contributed by atoms with Gasteiger partial charge in [0.15, 0.2) is 0 Å². The van der Waals surface area contributed by atoms with E-state index in [1.54, 1.807) is 10.9 Å². The topological polar surface area (TPSA) is 75.9 Å². The number of fused-ring (bicyclic) bond motifs is 1. The van der Waals surface area contributed by atoms with Crippen molar-refractivity contribution in [1.82, 2.24) is 24.2 Å². The molecule has 1 fully saturated rings. The summed E-state index contributed by atoms with van der Waals surface area (Å²) in [5.74, 6) is 0.0414. The predicted molar refractivity (Wildman–Crippen MR) is 99.3 cm³/mol. The molecule has 1 N–H and O–H groups in total. The summed E-state index contributed by atoms with van der Waals surface area (Å²) in [4.78, 5) is 30.0. The molecule has 0 aliphatic carbocycles. The molecule has 1 saturated heterocycles. The number of likely N-dealkylation sites (tertiary alicyclic amines) is 1. The lowest BCUT2D eigenvalue weighted by Crippen LogP contribution is -2.40. The number of aryl methyl sites for hydroxylation is 2. The summed E-state index contributed by atoms with van der Waals surface area (Å²) in [6.07, 6.45) is 4.09. The highest BCUT2D eigenvalue weighted by Gasteiger charge is 2.28. The molecule has 136 valence electrons. The molecule has 3 heterocycles. The van der Waals surface area contributed by atoms with Crippen LogP contribution in [0.2, 0.25) is 0 Å². The van der Waals surface area contributed by atoms with E-state index in [1.807, 2.05) is 47.7 Å². The maximum absolute atomic E-state index is 12.9. The van der Waals surface area contributed by atoms with E-state index in [0.29, 0.717) is 18.7 Å². The van der Waals surface area contributed by atoms with Gasteiger partial charge in [0, 0.05) is 32.4 Å². The van der Waals surface area contributed by atoms with Crippen LogP contribution < -0.4 is 5.69 Å². The van der Waals surface area contributed by atoms with Gasteiger partial charge in [-0.1, -0.05) is 19.1 Å². The Hall–Kier alpha value is -2.83. The minimum atomic E-state index is -0.0727. The third kappa shape index (κ3) is 2.73. The number of amides is 1. The lowest BCUT2D eigenvalue weighted by Gasteiger charge is -2.32. The Morgan fingerprint density at radius 2 is 2.00 bits per heavy atom. The van der Waals surface area contributed by atoms with Crippen molar-refractivity contribution in [1.29, 1.82) is 0 Å². The molecule has 1 amide bonds. The third-order valence-corrected chi connectivity index (χ3v) is 5.21. The fourth-order valence-corrected chi connectivity index (χ4v) is 3.91. The molecule has 0 radical (unpaired) electrons. The van der Waals surface area contributed by atoms with Gasteiger partial charge < -0.3 is 9.88 Å². The predicted octanol–water partition coefficient (Wildman–Crippen LogP) is 2.10. The summed E-state index contributed by atoms with van der Waals surface area (Å²) < 4.78 is 3.54. The number of aromatic nitrogens is 4. The first kappa shape index (κ1) is 16.6. The number of nitrogens with zero attached hydrogens (tertiary/aromatic N) is 4. The molecule has 7 heteroatoms. The van der Waals surface area contributed by atoms with Gasteiger partial charge in [-0.3, -0.25) is 14.0 Å². The van der Waals surface area contributed by atoms with Crippen molar-refractivity contribution in [2.24, 2.45) is 7.05 Å². The molecule has 0 saturated carbocycles. The van der Waals surface area contributed by atoms with Gasteiger partial charge in [-0.15, -0.1) is 0 Å². The van der Waals surface area contributed by atoms with Gasteiger partial charge >= 0.3 is 5.69 Å². The lowest BCUT2D eigenvalue weighted by molar-refractivity contribution is 0.0694. The second-order valence-corrected chi connectivity index (χ2v) is 6.86. The van der Waals surface area contributed by atoms with Crippen molar-refractivity contribution in [3.05, 3.63) is 52.2 Å². The van der Waals surface area contributed by atoms with E-state index >= 15 is 0 Å². The number of aromatic amines is 1. The molecule has 1 aliphatic heterocycles. The largest absolute Gasteiger partial charge is 0.338 e. The van der Waals surface area contributed by atoms with Crippen LogP contribution in [0.25, 0.3) is 11.0 Å². The van der Waals surface area contributed by atoms with Crippen LogP contribution in [0.15, 0.2) is 35.3 Å². The fraction of sp³-hybridized carbons (Fsp3) is 0.421. The quantitative estimate of drug-likeness (QED) is 0.783. The third-order valence-electron chi connectivity index (χ3n) is 5.21. The highest BCUT2D eigenvalue weighted by Crippen LogP contribution is 2.26. The molecular weight excluding hydrogens is 330 g/mol. The van der Waals surface area contributed by atoms with E-state index in [0.717, 1.165) is 36.0 Å². The van der Waals surface area contributed by atoms with Gasteiger partial charge in [0.1, 0.15) is 0 Å². The number of rotatable bonds is 3. The molecule has 0 unspecified atom stereocenters. The molecule has 0 bridgehead atoms. The summed E-state index contributed by atoms with van der Waals surface area (Å²) in [5, 5.41) is 4.37. The number of para-hydroxylation sites is 2. The number of nitrogens with one attached hydrogen (secondary N) is 1. The summed E-state index contributed by atoms with van der Waals surface area (Å²) in [6.45, 7) is 3.30. The fourth-order valence-electron chi connectivity index (χ4n) is 3.91. The van der Waals surface area contributed by atoms with E-state index in [1.165, 1.54) is 0 Å². The van der Waals surface area contributed by atoms with E-state index in [9.17, 15) is 9.59 Å². The molecule has 0 spiro atoms. The van der Waals surface area contributed by atoms with Crippen LogP contribution in [0.3, 0.4) is 0 Å². The summed E-state index contributed by atoms with van der Waals surface area (Å²) >= 11 is 0. The molecule has 2 aromatic heterocycles. The number of benzene rings is 1. The number of piperidine rings is 1. The van der Waals surface area contributed by atoms with Gasteiger partial charge in [-0.05, 0) is 31.4 Å². The highest BCUT2D eigenvalue weighted by molar-refractivity contribution is 5.95. The first-order valence-electron chi connectivity index (χ1n) is 9.09. The summed E-state index contributed by atoms with van der Waals surface area (Å²) in [6, 6.07) is 7.86. The molecular formula is C19H23N5O2. The monoisotopic (exact) mass is 353 g/mol. The van der Waals surface area contributed by atoms with E-state index < -0.39 is 0 Å². The highest BCUT2D eigenvalue weighted by atomic mass is 16.2. The van der Waals surface area contributed by atoms with Gasteiger partial charge in [-0.25, -0.2) is 4.79 Å². The maximum atomic E-state index is 12.9. The van der Waals surface area contributed by atoms with E-state index in [4.69, 9.17) is 0 Å². The van der Waals surface area contributed by atoms with Crippen LogP contribution in [-0.2, 0) is 13.5 Å². The molecule has 3 aromatic rings. The minimum absolute atomic E-state index is 0.0414. The number of carbonyl (C=O) groups excluding carboxylic acids is 1. The number of hydrogen-bond donors (Lipinski definition) is 1. The van der Waals surface area contributed by atoms with Crippen LogP contribution in [0, 0.1) is 0 Å². The normalized spacial score (nSPS) is 15.7. The zero-order valence-corrected chi connectivity index (χ0v) is 15.1. The Bertz CT molecular complexity index is 1000. The number of carbonyl (C=O) groups is 1. The molecule has 0 atom stereocenters. The Labute approximate surface area is 151 Å². The van der Waals surface area contributed by atoms with Gasteiger partial charge in [0.2, 0.25) is 0 Å². The van der Waals surface area contributed by atoms with Crippen molar-refractivity contribution < 1.29 is 4.79 Å². The number of imidazole rings is 1. The van der Waals surface area contributed by atoms with Crippen LogP contribution in [-0.4, -0.2) is 43.2 Å². The average molecular weight is 353 g/mol. The second kappa shape index (κ2) is 6.48. The lowest BCUT2D eigenvalue weighted by atomic mass is 10.0. The smallest absolute Gasteiger partial charge is 0.326 e. The average Bonchev–Trinajstić information content (AvgIpc) is 3.20. The number of hydrogen-bond acceptors (Lipinski definition) is 3. The van der Waals surface area contributed by atoms with Crippen molar-refractivity contribution in [2.45, 2.75) is 32.2 Å². The van der Waals surface area contributed by atoms with Gasteiger partial charge in [0.25, 0.3) is 5.91 Å². The van der Waals surface area contributed by atoms with Crippen molar-refractivity contribution in [2.75, 3.05) is 13.1 Å². The van der Waals surface area contributed by atoms with Crippen LogP contribution in [0.5, 0.6) is 0 Å². The van der Waals surface area contributed by atoms with Gasteiger partial charge in [-0.2, -0.15) is 5.10 Å². The SMILES string of the molecule is CCc1nn(C)cc1C(=O)N1CCC(n2c(=O)[nH]c3ccccc32)CC1. The Morgan fingerprint density at radius 3 is 2.73 bits per heavy atom. The maximum Gasteiger partial charge on any atom is 0.326 e. The summed E-state index contributed by atoms with van der Waals surface area (Å²) in [7, 11) is 1.84. The van der Waals surface area contributed by atoms with Crippen LogP contribution >= 0.6 is 0 Å². The standard InChI is InChI=1S/C19H23N5O2/c1-3-15-14(12-22(2)21-15)18(25)23-10-8-13(9-11-23)24-17-7-5-4-6-16(17)20-19(24)26/h4-7,12-13H,3,8-11H2,1-2H3,(H,20,26). The first-order valence-corrected chi connectivity index (χ1v) is 9.09.